The first-order valence-electron chi connectivity index (χ1n) is 8.92. The van der Waals surface area contributed by atoms with Crippen molar-refractivity contribution in [2.24, 2.45) is 0 Å². The van der Waals surface area contributed by atoms with Gasteiger partial charge in [0, 0.05) is 11.3 Å². The Morgan fingerprint density at radius 1 is 0.962 bits per heavy atom. The van der Waals surface area contributed by atoms with Gasteiger partial charge in [-0.2, -0.15) is 0 Å². The summed E-state index contributed by atoms with van der Waals surface area (Å²) in [6, 6.07) is 13.7. The number of benzene rings is 2. The number of esters is 1. The lowest BCUT2D eigenvalue weighted by atomic mass is 9.98. The molecule has 2 aromatic carbocycles. The summed E-state index contributed by atoms with van der Waals surface area (Å²) in [5.41, 5.74) is 1.62. The van der Waals surface area contributed by atoms with E-state index in [0.29, 0.717) is 22.6 Å². The Labute approximate surface area is 153 Å². The lowest BCUT2D eigenvalue weighted by Crippen LogP contribution is -2.20. The summed E-state index contributed by atoms with van der Waals surface area (Å²) >= 11 is 0. The molecule has 5 nitrogen and oxygen atoms in total. The molecule has 2 aromatic rings. The maximum Gasteiger partial charge on any atom is 0.338 e. The predicted octanol–water partition coefficient (Wildman–Crippen LogP) is 4.44. The van der Waals surface area contributed by atoms with Crippen LogP contribution in [0.5, 0.6) is 5.75 Å². The van der Waals surface area contributed by atoms with E-state index in [1.807, 2.05) is 0 Å². The third-order valence-electron chi connectivity index (χ3n) is 4.54. The van der Waals surface area contributed by atoms with Crippen LogP contribution < -0.4 is 10.1 Å². The Bertz CT molecular complexity index is 764. The molecule has 0 aromatic heterocycles. The average Bonchev–Trinajstić information content (AvgIpc) is 2.69. The van der Waals surface area contributed by atoms with Crippen LogP contribution in [0.2, 0.25) is 0 Å². The number of ether oxygens (including phenoxy) is 2. The number of methoxy groups -OCH3 is 1. The fraction of sp³-hybridized carbons (Fsp3) is 0.333. The topological polar surface area (TPSA) is 64.6 Å². The molecule has 136 valence electrons. The molecule has 1 amide bonds. The molecule has 0 radical (unpaired) electrons. The Morgan fingerprint density at radius 3 is 2.38 bits per heavy atom. The van der Waals surface area contributed by atoms with E-state index >= 15 is 0 Å². The highest BCUT2D eigenvalue weighted by Crippen LogP contribution is 2.22. The van der Waals surface area contributed by atoms with Gasteiger partial charge in [-0.05, 0) is 68.1 Å². The van der Waals surface area contributed by atoms with Crippen LogP contribution in [0.15, 0.2) is 48.5 Å². The second-order valence-corrected chi connectivity index (χ2v) is 6.43. The molecule has 0 saturated heterocycles. The van der Waals surface area contributed by atoms with E-state index in [1.165, 1.54) is 6.42 Å². The first kappa shape index (κ1) is 18.0. The summed E-state index contributed by atoms with van der Waals surface area (Å²) in [6.07, 6.45) is 5.38. The number of nitrogens with one attached hydrogen (secondary N) is 1. The smallest absolute Gasteiger partial charge is 0.338 e. The van der Waals surface area contributed by atoms with Crippen molar-refractivity contribution in [2.75, 3.05) is 12.4 Å². The van der Waals surface area contributed by atoms with Crippen molar-refractivity contribution in [3.05, 3.63) is 59.7 Å². The largest absolute Gasteiger partial charge is 0.497 e. The summed E-state index contributed by atoms with van der Waals surface area (Å²) in [5.74, 6) is 0.0856. The van der Waals surface area contributed by atoms with Crippen LogP contribution in [0.25, 0.3) is 0 Å². The normalized spacial score (nSPS) is 14.5. The fourth-order valence-electron chi connectivity index (χ4n) is 3.06. The van der Waals surface area contributed by atoms with Gasteiger partial charge in [0.2, 0.25) is 0 Å². The van der Waals surface area contributed by atoms with Gasteiger partial charge in [-0.3, -0.25) is 4.79 Å². The van der Waals surface area contributed by atoms with E-state index < -0.39 is 0 Å². The number of hydrogen-bond donors (Lipinski definition) is 1. The zero-order chi connectivity index (χ0) is 18.4. The highest BCUT2D eigenvalue weighted by Gasteiger charge is 2.18. The van der Waals surface area contributed by atoms with Crippen molar-refractivity contribution in [1.29, 1.82) is 0 Å². The highest BCUT2D eigenvalue weighted by atomic mass is 16.5. The Morgan fingerprint density at radius 2 is 1.69 bits per heavy atom. The van der Waals surface area contributed by atoms with Gasteiger partial charge in [-0.1, -0.05) is 12.5 Å². The van der Waals surface area contributed by atoms with Crippen LogP contribution in [0.1, 0.15) is 52.8 Å². The Balaban J connectivity index is 1.59. The number of carbonyl (C=O) groups excluding carboxylic acids is 2. The van der Waals surface area contributed by atoms with Gasteiger partial charge in [-0.15, -0.1) is 0 Å². The second-order valence-electron chi connectivity index (χ2n) is 6.43. The minimum atomic E-state index is -0.303. The number of carbonyl (C=O) groups is 2. The number of anilines is 1. The molecule has 0 spiro atoms. The summed E-state index contributed by atoms with van der Waals surface area (Å²) in [7, 11) is 1.56. The van der Waals surface area contributed by atoms with Crippen LogP contribution in [-0.4, -0.2) is 25.1 Å². The molecular formula is C21H23NO4. The predicted molar refractivity (Wildman–Crippen MR) is 99.7 cm³/mol. The van der Waals surface area contributed by atoms with E-state index in [-0.39, 0.29) is 18.0 Å². The molecule has 3 rings (SSSR count). The van der Waals surface area contributed by atoms with E-state index in [1.54, 1.807) is 55.6 Å². The van der Waals surface area contributed by atoms with Crippen molar-refractivity contribution >= 4 is 17.6 Å². The van der Waals surface area contributed by atoms with E-state index in [0.717, 1.165) is 25.7 Å². The molecule has 0 unspecified atom stereocenters. The number of rotatable bonds is 5. The van der Waals surface area contributed by atoms with Crippen molar-refractivity contribution < 1.29 is 19.1 Å². The monoisotopic (exact) mass is 353 g/mol. The van der Waals surface area contributed by atoms with E-state index in [4.69, 9.17) is 9.47 Å². The lowest BCUT2D eigenvalue weighted by Gasteiger charge is -2.21. The van der Waals surface area contributed by atoms with Gasteiger partial charge in [0.25, 0.3) is 5.91 Å². The van der Waals surface area contributed by atoms with Crippen molar-refractivity contribution in [3.8, 4) is 5.75 Å². The fourth-order valence-corrected chi connectivity index (χ4v) is 3.06. The standard InChI is InChI=1S/C21H23NO4/c1-25-19-9-5-6-16(14-19)20(23)22-17-12-10-15(11-13-17)21(24)26-18-7-3-2-4-8-18/h5-6,9-14,18H,2-4,7-8H2,1H3,(H,22,23). The third kappa shape index (κ3) is 4.63. The van der Waals surface area contributed by atoms with Gasteiger partial charge in [0.05, 0.1) is 12.7 Å². The van der Waals surface area contributed by atoms with Crippen LogP contribution in [0.3, 0.4) is 0 Å². The first-order valence-corrected chi connectivity index (χ1v) is 8.92. The molecule has 1 saturated carbocycles. The number of amides is 1. The van der Waals surface area contributed by atoms with Crippen molar-refractivity contribution in [1.82, 2.24) is 0 Å². The highest BCUT2D eigenvalue weighted by molar-refractivity contribution is 6.04. The average molecular weight is 353 g/mol. The molecular weight excluding hydrogens is 330 g/mol. The zero-order valence-electron chi connectivity index (χ0n) is 14.9. The molecule has 0 atom stereocenters. The molecule has 26 heavy (non-hydrogen) atoms. The van der Waals surface area contributed by atoms with Crippen LogP contribution in [0.4, 0.5) is 5.69 Å². The summed E-state index contributed by atoms with van der Waals surface area (Å²) in [6.45, 7) is 0. The van der Waals surface area contributed by atoms with Crippen LogP contribution in [-0.2, 0) is 4.74 Å². The van der Waals surface area contributed by atoms with Gasteiger partial charge in [-0.25, -0.2) is 4.79 Å². The maximum absolute atomic E-state index is 12.3. The van der Waals surface area contributed by atoms with E-state index in [9.17, 15) is 9.59 Å². The Hall–Kier alpha value is -2.82. The Kier molecular flexibility index (Phi) is 5.89. The van der Waals surface area contributed by atoms with Gasteiger partial charge < -0.3 is 14.8 Å². The maximum atomic E-state index is 12.3. The third-order valence-corrected chi connectivity index (χ3v) is 4.54. The molecule has 5 heteroatoms. The number of hydrogen-bond acceptors (Lipinski definition) is 4. The molecule has 0 aliphatic heterocycles. The first-order chi connectivity index (χ1) is 12.7. The second kappa shape index (κ2) is 8.52. The van der Waals surface area contributed by atoms with Gasteiger partial charge in [0.15, 0.2) is 0 Å². The van der Waals surface area contributed by atoms with Crippen molar-refractivity contribution in [3.63, 3.8) is 0 Å². The van der Waals surface area contributed by atoms with Crippen LogP contribution >= 0.6 is 0 Å². The molecule has 1 fully saturated rings. The molecule has 1 aliphatic carbocycles. The van der Waals surface area contributed by atoms with Gasteiger partial charge >= 0.3 is 5.97 Å². The lowest BCUT2D eigenvalue weighted by molar-refractivity contribution is 0.0211. The minimum Gasteiger partial charge on any atom is -0.497 e. The van der Waals surface area contributed by atoms with Gasteiger partial charge in [0.1, 0.15) is 11.9 Å². The summed E-state index contributed by atoms with van der Waals surface area (Å²) < 4.78 is 10.7. The van der Waals surface area contributed by atoms with E-state index in [2.05, 4.69) is 5.32 Å². The van der Waals surface area contributed by atoms with Crippen molar-refractivity contribution in [2.45, 2.75) is 38.2 Å². The minimum absolute atomic E-state index is 0.0312. The summed E-state index contributed by atoms with van der Waals surface area (Å²) in [5, 5.41) is 2.81. The molecule has 1 aliphatic rings. The molecule has 1 N–H and O–H groups in total. The zero-order valence-corrected chi connectivity index (χ0v) is 14.9. The summed E-state index contributed by atoms with van der Waals surface area (Å²) in [4.78, 5) is 24.5. The SMILES string of the molecule is COc1cccc(C(=O)Nc2ccc(C(=O)OC3CCCCC3)cc2)c1. The quantitative estimate of drug-likeness (QED) is 0.807. The molecule has 0 bridgehead atoms. The molecule has 0 heterocycles. The van der Waals surface area contributed by atoms with Crippen LogP contribution in [0, 0.1) is 0 Å².